The number of amides is 3. The minimum atomic E-state index is -0.515. The second kappa shape index (κ2) is 8.63. The Bertz CT molecular complexity index is 882. The standard InChI is InChI=1S/C18H17FN4O3S/c19-14-4-2-1-3-12(14)9-15-17(25)23(18(26)27-15)8-6-16(24)21-7-5-13-10-20-11-22-13/h1-4,9-11H,5-8H2,(H,20,22)(H,21,24). The molecule has 0 saturated carbocycles. The molecular weight excluding hydrogens is 371 g/mol. The number of imide groups is 1. The third-order valence-electron chi connectivity index (χ3n) is 3.90. The van der Waals surface area contributed by atoms with Crippen LogP contribution in [-0.2, 0) is 16.0 Å². The first kappa shape index (κ1) is 18.8. The summed E-state index contributed by atoms with van der Waals surface area (Å²) in [4.78, 5) is 44.3. The molecule has 0 unspecified atom stereocenters. The fourth-order valence-electron chi connectivity index (χ4n) is 2.49. The van der Waals surface area contributed by atoms with Crippen molar-refractivity contribution in [1.82, 2.24) is 20.2 Å². The third-order valence-corrected chi connectivity index (χ3v) is 4.81. The Morgan fingerprint density at radius 2 is 2.15 bits per heavy atom. The molecule has 1 saturated heterocycles. The second-order valence-corrected chi connectivity index (χ2v) is 6.77. The van der Waals surface area contributed by atoms with Crippen molar-refractivity contribution in [2.24, 2.45) is 0 Å². The Morgan fingerprint density at radius 3 is 2.89 bits per heavy atom. The summed E-state index contributed by atoms with van der Waals surface area (Å²) < 4.78 is 13.7. The Morgan fingerprint density at radius 1 is 1.33 bits per heavy atom. The van der Waals surface area contributed by atoms with Gasteiger partial charge in [-0.2, -0.15) is 0 Å². The molecule has 7 nitrogen and oxygen atoms in total. The zero-order chi connectivity index (χ0) is 19.2. The molecule has 9 heteroatoms. The van der Waals surface area contributed by atoms with Crippen molar-refractivity contribution in [2.45, 2.75) is 12.8 Å². The zero-order valence-corrected chi connectivity index (χ0v) is 15.1. The summed E-state index contributed by atoms with van der Waals surface area (Å²) in [6.07, 6.45) is 5.21. The molecule has 2 N–H and O–H groups in total. The number of rotatable bonds is 7. The number of nitrogens with one attached hydrogen (secondary N) is 2. The summed E-state index contributed by atoms with van der Waals surface area (Å²) in [6.45, 7) is 0.408. The first-order valence-corrected chi connectivity index (χ1v) is 9.10. The van der Waals surface area contributed by atoms with Crippen molar-refractivity contribution in [3.05, 3.63) is 58.8 Å². The molecule has 1 aromatic carbocycles. The van der Waals surface area contributed by atoms with Gasteiger partial charge in [0.15, 0.2) is 0 Å². The highest BCUT2D eigenvalue weighted by atomic mass is 32.2. The third kappa shape index (κ3) is 4.82. The maximum Gasteiger partial charge on any atom is 0.293 e. The molecule has 1 aliphatic heterocycles. The average Bonchev–Trinajstić information content (AvgIpc) is 3.24. The number of carbonyl (C=O) groups excluding carboxylic acids is 3. The number of nitrogens with zero attached hydrogens (tertiary/aromatic N) is 2. The van der Waals surface area contributed by atoms with Gasteiger partial charge < -0.3 is 10.3 Å². The van der Waals surface area contributed by atoms with E-state index in [1.807, 2.05) is 0 Å². The molecule has 1 aromatic heterocycles. The first-order valence-electron chi connectivity index (χ1n) is 8.28. The Kier molecular flexibility index (Phi) is 6.02. The molecule has 0 atom stereocenters. The van der Waals surface area contributed by atoms with Crippen LogP contribution in [0.3, 0.4) is 0 Å². The van der Waals surface area contributed by atoms with Crippen LogP contribution in [0.15, 0.2) is 41.7 Å². The maximum atomic E-state index is 13.7. The van der Waals surface area contributed by atoms with Gasteiger partial charge in [0, 0.05) is 43.4 Å². The number of benzene rings is 1. The van der Waals surface area contributed by atoms with E-state index < -0.39 is 17.0 Å². The van der Waals surface area contributed by atoms with Crippen molar-refractivity contribution in [2.75, 3.05) is 13.1 Å². The van der Waals surface area contributed by atoms with Crippen LogP contribution in [0.4, 0.5) is 9.18 Å². The minimum Gasteiger partial charge on any atom is -0.356 e. The van der Waals surface area contributed by atoms with E-state index in [1.54, 1.807) is 24.7 Å². The molecule has 2 heterocycles. The van der Waals surface area contributed by atoms with E-state index in [2.05, 4.69) is 15.3 Å². The van der Waals surface area contributed by atoms with Gasteiger partial charge in [-0.15, -0.1) is 0 Å². The molecule has 0 aliphatic carbocycles. The lowest BCUT2D eigenvalue weighted by Crippen LogP contribution is -2.34. The number of H-pyrrole nitrogens is 1. The number of hydrogen-bond acceptors (Lipinski definition) is 5. The van der Waals surface area contributed by atoms with Gasteiger partial charge in [0.25, 0.3) is 11.1 Å². The van der Waals surface area contributed by atoms with Gasteiger partial charge in [0.05, 0.1) is 11.2 Å². The van der Waals surface area contributed by atoms with Crippen LogP contribution in [-0.4, -0.2) is 45.0 Å². The van der Waals surface area contributed by atoms with Gasteiger partial charge in [-0.3, -0.25) is 19.3 Å². The Balaban J connectivity index is 1.51. The summed E-state index contributed by atoms with van der Waals surface area (Å²) in [6, 6.07) is 6.00. The SMILES string of the molecule is O=C(CCN1C(=O)SC(=Cc2ccccc2F)C1=O)NCCc1cnc[nH]1. The highest BCUT2D eigenvalue weighted by Gasteiger charge is 2.35. The van der Waals surface area contributed by atoms with E-state index >= 15 is 0 Å². The zero-order valence-electron chi connectivity index (χ0n) is 14.3. The fourth-order valence-corrected chi connectivity index (χ4v) is 3.34. The quantitative estimate of drug-likeness (QED) is 0.710. The molecule has 140 valence electrons. The summed E-state index contributed by atoms with van der Waals surface area (Å²) in [5.41, 5.74) is 1.14. The number of aromatic amines is 1. The van der Waals surface area contributed by atoms with Crippen LogP contribution in [0.2, 0.25) is 0 Å². The smallest absolute Gasteiger partial charge is 0.293 e. The second-order valence-electron chi connectivity index (χ2n) is 5.78. The van der Waals surface area contributed by atoms with Crippen LogP contribution < -0.4 is 5.32 Å². The molecule has 3 amide bonds. The van der Waals surface area contributed by atoms with Crippen LogP contribution in [0.5, 0.6) is 0 Å². The predicted molar refractivity (Wildman–Crippen MR) is 99.0 cm³/mol. The number of imidazole rings is 1. The Labute approximate surface area is 159 Å². The maximum absolute atomic E-state index is 13.7. The van der Waals surface area contributed by atoms with E-state index in [4.69, 9.17) is 0 Å². The predicted octanol–water partition coefficient (Wildman–Crippen LogP) is 2.33. The van der Waals surface area contributed by atoms with E-state index in [1.165, 1.54) is 18.2 Å². The van der Waals surface area contributed by atoms with Gasteiger partial charge in [-0.05, 0) is 23.9 Å². The van der Waals surface area contributed by atoms with Crippen molar-refractivity contribution in [3.63, 3.8) is 0 Å². The van der Waals surface area contributed by atoms with Gasteiger partial charge in [-0.25, -0.2) is 9.37 Å². The van der Waals surface area contributed by atoms with Crippen LogP contribution >= 0.6 is 11.8 Å². The largest absolute Gasteiger partial charge is 0.356 e. The van der Waals surface area contributed by atoms with Crippen LogP contribution in [0.25, 0.3) is 6.08 Å². The molecule has 3 rings (SSSR count). The lowest BCUT2D eigenvalue weighted by molar-refractivity contribution is -0.124. The molecule has 2 aromatic rings. The van der Waals surface area contributed by atoms with E-state index in [9.17, 15) is 18.8 Å². The summed E-state index contributed by atoms with van der Waals surface area (Å²) in [5, 5.41) is 2.26. The van der Waals surface area contributed by atoms with E-state index in [0.717, 1.165) is 22.4 Å². The molecule has 0 radical (unpaired) electrons. The topological polar surface area (TPSA) is 95.2 Å². The average molecular weight is 388 g/mol. The van der Waals surface area contributed by atoms with Gasteiger partial charge in [-0.1, -0.05) is 18.2 Å². The summed E-state index contributed by atoms with van der Waals surface area (Å²) >= 11 is 0.742. The summed E-state index contributed by atoms with van der Waals surface area (Å²) in [5.74, 6) is -1.24. The number of carbonyl (C=O) groups is 3. The van der Waals surface area contributed by atoms with Crippen molar-refractivity contribution >= 4 is 34.9 Å². The van der Waals surface area contributed by atoms with Crippen molar-refractivity contribution < 1.29 is 18.8 Å². The van der Waals surface area contributed by atoms with Gasteiger partial charge in [0.1, 0.15) is 5.82 Å². The van der Waals surface area contributed by atoms with Gasteiger partial charge >= 0.3 is 0 Å². The molecule has 1 aliphatic rings. The van der Waals surface area contributed by atoms with Gasteiger partial charge in [0.2, 0.25) is 5.91 Å². The Hall–Kier alpha value is -2.94. The normalized spacial score (nSPS) is 15.6. The first-order chi connectivity index (χ1) is 13.0. The minimum absolute atomic E-state index is 0.00793. The molecular formula is C18H17FN4O3S. The fraction of sp³-hybridized carbons (Fsp3) is 0.222. The molecule has 0 bridgehead atoms. The number of aromatic nitrogens is 2. The van der Waals surface area contributed by atoms with Crippen molar-refractivity contribution in [3.8, 4) is 0 Å². The lowest BCUT2D eigenvalue weighted by Gasteiger charge is -2.12. The summed E-state index contributed by atoms with van der Waals surface area (Å²) in [7, 11) is 0. The number of thioether (sulfide) groups is 1. The van der Waals surface area contributed by atoms with Crippen LogP contribution in [0.1, 0.15) is 17.7 Å². The highest BCUT2D eigenvalue weighted by molar-refractivity contribution is 8.18. The lowest BCUT2D eigenvalue weighted by atomic mass is 10.2. The number of hydrogen-bond donors (Lipinski definition) is 2. The van der Waals surface area contributed by atoms with E-state index in [-0.39, 0.29) is 29.3 Å². The number of halogens is 1. The highest BCUT2D eigenvalue weighted by Crippen LogP contribution is 2.32. The molecule has 1 fully saturated rings. The molecule has 0 spiro atoms. The van der Waals surface area contributed by atoms with E-state index in [0.29, 0.717) is 13.0 Å². The molecule has 27 heavy (non-hydrogen) atoms. The monoisotopic (exact) mass is 388 g/mol. The van der Waals surface area contributed by atoms with Crippen LogP contribution in [0, 0.1) is 5.82 Å². The van der Waals surface area contributed by atoms with Crippen molar-refractivity contribution in [1.29, 1.82) is 0 Å².